The Balaban J connectivity index is 1.52. The third-order valence-corrected chi connectivity index (χ3v) is 7.71. The number of carbonyl (C=O) groups excluding carboxylic acids is 2. The summed E-state index contributed by atoms with van der Waals surface area (Å²) in [5.74, 6) is 0.343. The molecule has 0 aliphatic carbocycles. The zero-order chi connectivity index (χ0) is 27.8. The van der Waals surface area contributed by atoms with Gasteiger partial charge in [-0.1, -0.05) is 30.4 Å². The molecule has 2 aliphatic heterocycles. The number of aliphatic hydroxyl groups excluding tert-OH is 1. The Hall–Kier alpha value is -4.57. The first-order valence-corrected chi connectivity index (χ1v) is 13.7. The highest BCUT2D eigenvalue weighted by Crippen LogP contribution is 2.45. The molecule has 2 aliphatic rings. The number of aliphatic hydroxyl groups is 1. The van der Waals surface area contributed by atoms with Crippen LogP contribution in [0.25, 0.3) is 16.0 Å². The molecule has 1 unspecified atom stereocenters. The van der Waals surface area contributed by atoms with E-state index >= 15 is 0 Å². The van der Waals surface area contributed by atoms with Gasteiger partial charge < -0.3 is 24.1 Å². The van der Waals surface area contributed by atoms with Crippen LogP contribution < -0.4 is 23.8 Å². The third-order valence-electron chi connectivity index (χ3n) is 6.70. The fourth-order valence-corrected chi connectivity index (χ4v) is 5.83. The lowest BCUT2D eigenvalue weighted by molar-refractivity contribution is -0.132. The number of Topliss-reactive ketones (excluding diaryl/α,β-unsaturated/α-hetero) is 1. The summed E-state index contributed by atoms with van der Waals surface area (Å²) in [6.45, 7) is 3.32. The number of methoxy groups -OCH3 is 1. The van der Waals surface area contributed by atoms with Crippen molar-refractivity contribution < 1.29 is 33.6 Å². The standard InChI is InChI=1S/C30H26N2O7S/c1-3-11-37-20-6-4-5-17(14-20)26-25(27(33)18-7-10-22-23(15-18)39-13-12-38-22)28(34)29(35)32(26)30-31-21-9-8-19(36-2)16-24(21)40-30/h4-10,14-16,26,33H,3,11-13H2,1-2H3. The molecule has 0 saturated carbocycles. The molecule has 3 aromatic carbocycles. The first-order chi connectivity index (χ1) is 19.5. The summed E-state index contributed by atoms with van der Waals surface area (Å²) in [5, 5.41) is 11.9. The van der Waals surface area contributed by atoms with Crippen LogP contribution in [0.2, 0.25) is 0 Å². The molecule has 0 spiro atoms. The minimum Gasteiger partial charge on any atom is -0.507 e. The number of amides is 1. The van der Waals surface area contributed by atoms with E-state index < -0.39 is 17.7 Å². The van der Waals surface area contributed by atoms with Crippen LogP contribution in [-0.4, -0.2) is 48.7 Å². The van der Waals surface area contributed by atoms with Gasteiger partial charge in [-0.25, -0.2) is 4.98 Å². The molecule has 1 fully saturated rings. The number of aromatic nitrogens is 1. The fraction of sp³-hybridized carbons (Fsp3) is 0.233. The Morgan fingerprint density at radius 2 is 1.88 bits per heavy atom. The van der Waals surface area contributed by atoms with Crippen molar-refractivity contribution in [3.63, 3.8) is 0 Å². The van der Waals surface area contributed by atoms with Crippen molar-refractivity contribution in [2.24, 2.45) is 0 Å². The second kappa shape index (κ2) is 10.5. The predicted octanol–water partition coefficient (Wildman–Crippen LogP) is 5.49. The number of hydrogen-bond donors (Lipinski definition) is 1. The van der Waals surface area contributed by atoms with E-state index in [0.717, 1.165) is 11.1 Å². The predicted molar refractivity (Wildman–Crippen MR) is 151 cm³/mol. The van der Waals surface area contributed by atoms with E-state index in [4.69, 9.17) is 18.9 Å². The monoisotopic (exact) mass is 558 g/mol. The zero-order valence-corrected chi connectivity index (χ0v) is 22.7. The molecule has 1 amide bonds. The quantitative estimate of drug-likeness (QED) is 0.180. The molecule has 6 rings (SSSR count). The number of thiazole rings is 1. The highest BCUT2D eigenvalue weighted by Gasteiger charge is 2.48. The molecular weight excluding hydrogens is 532 g/mol. The maximum atomic E-state index is 13.6. The Morgan fingerprint density at radius 3 is 2.67 bits per heavy atom. The van der Waals surface area contributed by atoms with Gasteiger partial charge in [-0.15, -0.1) is 0 Å². The number of hydrogen-bond acceptors (Lipinski definition) is 9. The van der Waals surface area contributed by atoms with E-state index in [0.29, 0.717) is 64.6 Å². The van der Waals surface area contributed by atoms with Crippen molar-refractivity contribution >= 4 is 44.1 Å². The lowest BCUT2D eigenvalue weighted by atomic mass is 9.95. The Morgan fingerprint density at radius 1 is 1.05 bits per heavy atom. The van der Waals surface area contributed by atoms with Crippen LogP contribution in [-0.2, 0) is 9.59 Å². The molecule has 40 heavy (non-hydrogen) atoms. The van der Waals surface area contributed by atoms with E-state index in [2.05, 4.69) is 4.98 Å². The smallest absolute Gasteiger partial charge is 0.301 e. The van der Waals surface area contributed by atoms with Gasteiger partial charge in [0.15, 0.2) is 16.6 Å². The van der Waals surface area contributed by atoms with Crippen LogP contribution in [0, 0.1) is 0 Å². The van der Waals surface area contributed by atoms with Crippen LogP contribution in [0.5, 0.6) is 23.0 Å². The van der Waals surface area contributed by atoms with Crippen molar-refractivity contribution in [3.05, 3.63) is 77.4 Å². The van der Waals surface area contributed by atoms with Crippen LogP contribution in [0.15, 0.2) is 66.2 Å². The number of rotatable bonds is 7. The summed E-state index contributed by atoms with van der Waals surface area (Å²) in [6.07, 6.45) is 0.821. The molecule has 1 atom stereocenters. The SMILES string of the molecule is CCCOc1cccc(C2C(=C(O)c3ccc4c(c3)OCCO4)C(=O)C(=O)N2c2nc3ccc(OC)cc3s2)c1. The summed E-state index contributed by atoms with van der Waals surface area (Å²) in [7, 11) is 1.58. The summed E-state index contributed by atoms with van der Waals surface area (Å²) in [5.41, 5.74) is 1.54. The number of ketones is 1. The van der Waals surface area contributed by atoms with Crippen molar-refractivity contribution in [1.29, 1.82) is 0 Å². The summed E-state index contributed by atoms with van der Waals surface area (Å²) < 4.78 is 23.2. The number of ether oxygens (including phenoxy) is 4. The van der Waals surface area contributed by atoms with E-state index in [1.54, 1.807) is 55.6 Å². The van der Waals surface area contributed by atoms with Gasteiger partial charge in [-0.3, -0.25) is 14.5 Å². The van der Waals surface area contributed by atoms with Gasteiger partial charge in [0.1, 0.15) is 30.5 Å². The summed E-state index contributed by atoms with van der Waals surface area (Å²) in [4.78, 5) is 33.3. The van der Waals surface area contributed by atoms with Crippen molar-refractivity contribution in [2.75, 3.05) is 31.8 Å². The molecule has 0 bridgehead atoms. The average Bonchev–Trinajstić information content (AvgIpc) is 3.52. The van der Waals surface area contributed by atoms with Crippen LogP contribution in [0.3, 0.4) is 0 Å². The zero-order valence-electron chi connectivity index (χ0n) is 21.9. The molecule has 10 heteroatoms. The molecule has 204 valence electrons. The fourth-order valence-electron chi connectivity index (χ4n) is 4.81. The van der Waals surface area contributed by atoms with E-state index in [-0.39, 0.29) is 11.3 Å². The molecular formula is C30H26N2O7S. The Bertz CT molecular complexity index is 1660. The number of nitrogens with zero attached hydrogens (tertiary/aromatic N) is 2. The number of carbonyl (C=O) groups is 2. The molecule has 9 nitrogen and oxygen atoms in total. The van der Waals surface area contributed by atoms with E-state index in [1.807, 2.05) is 19.1 Å². The van der Waals surface area contributed by atoms with Gasteiger partial charge in [-0.2, -0.15) is 0 Å². The second-order valence-corrected chi connectivity index (χ2v) is 10.3. The van der Waals surface area contributed by atoms with Gasteiger partial charge in [-0.05, 0) is 60.5 Å². The number of benzene rings is 3. The Kier molecular flexibility index (Phi) is 6.77. The van der Waals surface area contributed by atoms with Gasteiger partial charge in [0.25, 0.3) is 5.78 Å². The third kappa shape index (κ3) is 4.50. The van der Waals surface area contributed by atoms with Crippen molar-refractivity contribution in [1.82, 2.24) is 4.98 Å². The summed E-state index contributed by atoms with van der Waals surface area (Å²) in [6, 6.07) is 16.6. The average molecular weight is 559 g/mol. The molecule has 4 aromatic rings. The molecule has 1 saturated heterocycles. The van der Waals surface area contributed by atoms with Gasteiger partial charge >= 0.3 is 5.91 Å². The lowest BCUT2D eigenvalue weighted by Gasteiger charge is -2.23. The van der Waals surface area contributed by atoms with Crippen molar-refractivity contribution in [3.8, 4) is 23.0 Å². The van der Waals surface area contributed by atoms with Gasteiger partial charge in [0.2, 0.25) is 0 Å². The van der Waals surface area contributed by atoms with Crippen LogP contribution in [0.4, 0.5) is 5.13 Å². The summed E-state index contributed by atoms with van der Waals surface area (Å²) >= 11 is 1.26. The van der Waals surface area contributed by atoms with Gasteiger partial charge in [0.05, 0.1) is 35.5 Å². The maximum absolute atomic E-state index is 13.6. The van der Waals surface area contributed by atoms with Crippen LogP contribution in [0.1, 0.15) is 30.5 Å². The normalized spacial score (nSPS) is 17.9. The Labute approximate surface area is 234 Å². The molecule has 1 N–H and O–H groups in total. The molecule has 3 heterocycles. The molecule has 1 aromatic heterocycles. The molecule has 0 radical (unpaired) electrons. The number of fused-ring (bicyclic) bond motifs is 2. The first-order valence-electron chi connectivity index (χ1n) is 12.9. The van der Waals surface area contributed by atoms with E-state index in [9.17, 15) is 14.7 Å². The number of anilines is 1. The topological polar surface area (TPSA) is 107 Å². The lowest BCUT2D eigenvalue weighted by Crippen LogP contribution is -2.29. The highest BCUT2D eigenvalue weighted by molar-refractivity contribution is 7.22. The van der Waals surface area contributed by atoms with Crippen molar-refractivity contribution in [2.45, 2.75) is 19.4 Å². The maximum Gasteiger partial charge on any atom is 0.301 e. The van der Waals surface area contributed by atoms with Crippen LogP contribution >= 0.6 is 11.3 Å². The van der Waals surface area contributed by atoms with E-state index in [1.165, 1.54) is 16.2 Å². The largest absolute Gasteiger partial charge is 0.507 e. The van der Waals surface area contributed by atoms with Gasteiger partial charge in [0, 0.05) is 5.56 Å². The second-order valence-electron chi connectivity index (χ2n) is 9.28. The minimum absolute atomic E-state index is 0.0499. The highest BCUT2D eigenvalue weighted by atomic mass is 32.1. The first kappa shape index (κ1) is 25.7. The minimum atomic E-state index is -0.944.